The third-order valence-corrected chi connectivity index (χ3v) is 3.67. The van der Waals surface area contributed by atoms with Gasteiger partial charge in [-0.25, -0.2) is 0 Å². The van der Waals surface area contributed by atoms with Crippen LogP contribution in [0.5, 0.6) is 11.5 Å². The number of hydrogen-bond acceptors (Lipinski definition) is 3. The third-order valence-electron chi connectivity index (χ3n) is 3.14. The van der Waals surface area contributed by atoms with E-state index in [0.717, 1.165) is 12.1 Å². The maximum Gasteiger partial charge on any atom is 0.417 e. The second-order valence-corrected chi connectivity index (χ2v) is 5.69. The van der Waals surface area contributed by atoms with Gasteiger partial charge in [-0.05, 0) is 30.4 Å². The van der Waals surface area contributed by atoms with Crippen LogP contribution in [0.25, 0.3) is 0 Å². The summed E-state index contributed by atoms with van der Waals surface area (Å²) in [7, 11) is 3.00. The fourth-order valence-corrected chi connectivity index (χ4v) is 2.45. The molecule has 9 heteroatoms. The van der Waals surface area contributed by atoms with Crippen LogP contribution in [0, 0.1) is 0 Å². The van der Waals surface area contributed by atoms with Crippen LogP contribution in [0.1, 0.15) is 5.56 Å². The summed E-state index contributed by atoms with van der Waals surface area (Å²) >= 11 is 10.7. The van der Waals surface area contributed by atoms with Crippen LogP contribution in [-0.4, -0.2) is 19.3 Å². The summed E-state index contributed by atoms with van der Waals surface area (Å²) < 4.78 is 49.0. The highest BCUT2D eigenvalue weighted by Crippen LogP contribution is 2.36. The fraction of sp³-hybridized carbons (Fsp3) is 0.188. The molecule has 0 amide bonds. The summed E-state index contributed by atoms with van der Waals surface area (Å²) in [5.74, 6) is 1.08. The van der Waals surface area contributed by atoms with E-state index >= 15 is 0 Å². The van der Waals surface area contributed by atoms with Crippen molar-refractivity contribution in [1.29, 1.82) is 0 Å². The Balaban J connectivity index is 2.16. The molecular formula is C16H14ClF3N2O2S. The Bertz CT molecular complexity index is 762. The van der Waals surface area contributed by atoms with Crippen LogP contribution in [0.2, 0.25) is 5.02 Å². The highest BCUT2D eigenvalue weighted by Gasteiger charge is 2.33. The Labute approximate surface area is 152 Å². The van der Waals surface area contributed by atoms with Crippen LogP contribution in [0.15, 0.2) is 36.4 Å². The van der Waals surface area contributed by atoms with E-state index in [9.17, 15) is 13.2 Å². The van der Waals surface area contributed by atoms with E-state index in [1.807, 2.05) is 0 Å². The lowest BCUT2D eigenvalue weighted by Crippen LogP contribution is -2.19. The molecule has 25 heavy (non-hydrogen) atoms. The van der Waals surface area contributed by atoms with E-state index < -0.39 is 11.7 Å². The van der Waals surface area contributed by atoms with Gasteiger partial charge in [0.2, 0.25) is 0 Å². The molecular weight excluding hydrogens is 377 g/mol. The molecule has 0 saturated heterocycles. The van der Waals surface area contributed by atoms with Crippen LogP contribution in [-0.2, 0) is 6.18 Å². The van der Waals surface area contributed by atoms with E-state index in [2.05, 4.69) is 10.6 Å². The number of thiocarbonyl (C=S) groups is 1. The average molecular weight is 391 g/mol. The van der Waals surface area contributed by atoms with E-state index in [1.165, 1.54) is 20.3 Å². The summed E-state index contributed by atoms with van der Waals surface area (Å²) in [4.78, 5) is 0. The largest absolute Gasteiger partial charge is 0.497 e. The van der Waals surface area contributed by atoms with Gasteiger partial charge < -0.3 is 20.1 Å². The monoisotopic (exact) mass is 390 g/mol. The van der Waals surface area contributed by atoms with Crippen LogP contribution >= 0.6 is 23.8 Å². The molecule has 0 aromatic heterocycles. The predicted molar refractivity (Wildman–Crippen MR) is 95.8 cm³/mol. The first-order valence-corrected chi connectivity index (χ1v) is 7.69. The molecule has 0 saturated carbocycles. The second-order valence-electron chi connectivity index (χ2n) is 4.87. The molecule has 134 valence electrons. The zero-order valence-electron chi connectivity index (χ0n) is 13.2. The van der Waals surface area contributed by atoms with Gasteiger partial charge in [-0.1, -0.05) is 11.6 Å². The number of ether oxygens (including phenoxy) is 2. The van der Waals surface area contributed by atoms with E-state index in [-0.39, 0.29) is 15.8 Å². The molecule has 2 aromatic rings. The number of methoxy groups -OCH3 is 2. The number of halogens is 4. The van der Waals surface area contributed by atoms with Gasteiger partial charge in [-0.15, -0.1) is 0 Å². The van der Waals surface area contributed by atoms with Crippen molar-refractivity contribution < 1.29 is 22.6 Å². The Morgan fingerprint density at radius 2 is 1.52 bits per heavy atom. The molecule has 4 nitrogen and oxygen atoms in total. The first-order chi connectivity index (χ1) is 11.7. The minimum atomic E-state index is -4.55. The van der Waals surface area contributed by atoms with Crippen molar-refractivity contribution in [3.8, 4) is 11.5 Å². The molecule has 0 heterocycles. The molecule has 0 aliphatic carbocycles. The van der Waals surface area contributed by atoms with Crippen molar-refractivity contribution >= 4 is 40.3 Å². The number of nitrogens with one attached hydrogen (secondary N) is 2. The summed E-state index contributed by atoms with van der Waals surface area (Å²) in [5, 5.41) is 5.27. The van der Waals surface area contributed by atoms with E-state index in [0.29, 0.717) is 17.2 Å². The van der Waals surface area contributed by atoms with Crippen LogP contribution in [0.4, 0.5) is 24.5 Å². The maximum absolute atomic E-state index is 12.9. The summed E-state index contributed by atoms with van der Waals surface area (Å²) in [6, 6.07) is 8.46. The standard InChI is InChI=1S/C16H14ClF3N2O2S/c1-23-11-5-10(6-12(8-11)24-2)22-15(25)21-9-3-4-14(17)13(7-9)16(18,19)20/h3-8H,1-2H3,(H2,21,22,25). The summed E-state index contributed by atoms with van der Waals surface area (Å²) in [6.45, 7) is 0. The molecule has 0 fully saturated rings. The normalized spacial score (nSPS) is 11.0. The van der Waals surface area contributed by atoms with Gasteiger partial charge in [0.05, 0.1) is 24.8 Å². The van der Waals surface area contributed by atoms with Crippen molar-refractivity contribution in [3.05, 3.63) is 47.0 Å². The first kappa shape index (κ1) is 19.1. The molecule has 2 N–H and O–H groups in total. The lowest BCUT2D eigenvalue weighted by Gasteiger charge is -2.15. The SMILES string of the molecule is COc1cc(NC(=S)Nc2ccc(Cl)c(C(F)(F)F)c2)cc(OC)c1. The van der Waals surface area contributed by atoms with Gasteiger partial charge in [0, 0.05) is 29.6 Å². The highest BCUT2D eigenvalue weighted by atomic mass is 35.5. The number of hydrogen-bond donors (Lipinski definition) is 2. The van der Waals surface area contributed by atoms with Gasteiger partial charge in [0.15, 0.2) is 5.11 Å². The molecule has 0 spiro atoms. The molecule has 0 aliphatic rings. The van der Waals surface area contributed by atoms with Crippen molar-refractivity contribution in [2.45, 2.75) is 6.18 Å². The van der Waals surface area contributed by atoms with E-state index in [1.54, 1.807) is 18.2 Å². The van der Waals surface area contributed by atoms with Gasteiger partial charge >= 0.3 is 6.18 Å². The number of rotatable bonds is 4. The maximum atomic E-state index is 12.9. The number of benzene rings is 2. The van der Waals surface area contributed by atoms with E-state index in [4.69, 9.17) is 33.3 Å². The number of anilines is 2. The number of alkyl halides is 3. The smallest absolute Gasteiger partial charge is 0.417 e. The minimum Gasteiger partial charge on any atom is -0.497 e. The third kappa shape index (κ3) is 5.14. The van der Waals surface area contributed by atoms with Crippen molar-refractivity contribution in [2.24, 2.45) is 0 Å². The van der Waals surface area contributed by atoms with Gasteiger partial charge in [-0.2, -0.15) is 13.2 Å². The van der Waals surface area contributed by atoms with Crippen molar-refractivity contribution in [2.75, 3.05) is 24.9 Å². The minimum absolute atomic E-state index is 0.103. The molecule has 2 rings (SSSR count). The lowest BCUT2D eigenvalue weighted by atomic mass is 10.2. The Hall–Kier alpha value is -2.19. The Kier molecular flexibility index (Phi) is 5.97. The topological polar surface area (TPSA) is 42.5 Å². The van der Waals surface area contributed by atoms with Crippen LogP contribution < -0.4 is 20.1 Å². The first-order valence-electron chi connectivity index (χ1n) is 6.90. The van der Waals surface area contributed by atoms with Crippen LogP contribution in [0.3, 0.4) is 0 Å². The molecule has 0 aliphatic heterocycles. The lowest BCUT2D eigenvalue weighted by molar-refractivity contribution is -0.137. The quantitative estimate of drug-likeness (QED) is 0.704. The summed E-state index contributed by atoms with van der Waals surface area (Å²) in [6.07, 6.45) is -4.55. The molecule has 2 aromatic carbocycles. The zero-order valence-corrected chi connectivity index (χ0v) is 14.8. The fourth-order valence-electron chi connectivity index (χ4n) is 1.99. The summed E-state index contributed by atoms with van der Waals surface area (Å²) in [5.41, 5.74) is -0.229. The Morgan fingerprint density at radius 1 is 0.960 bits per heavy atom. The molecule has 0 atom stereocenters. The van der Waals surface area contributed by atoms with Crippen molar-refractivity contribution in [3.63, 3.8) is 0 Å². The molecule has 0 radical (unpaired) electrons. The molecule has 0 bridgehead atoms. The average Bonchev–Trinajstić information content (AvgIpc) is 2.55. The molecule has 0 unspecified atom stereocenters. The second kappa shape index (κ2) is 7.79. The van der Waals surface area contributed by atoms with Gasteiger partial charge in [-0.3, -0.25) is 0 Å². The van der Waals surface area contributed by atoms with Crippen molar-refractivity contribution in [1.82, 2.24) is 0 Å². The van der Waals surface area contributed by atoms with Gasteiger partial charge in [0.1, 0.15) is 11.5 Å². The predicted octanol–water partition coefficient (Wildman–Crippen LogP) is 5.18. The highest BCUT2D eigenvalue weighted by molar-refractivity contribution is 7.80. The van der Waals surface area contributed by atoms with Gasteiger partial charge in [0.25, 0.3) is 0 Å². The Morgan fingerprint density at radius 3 is 2.04 bits per heavy atom. The zero-order chi connectivity index (χ0) is 18.6.